The van der Waals surface area contributed by atoms with Gasteiger partial charge >= 0.3 is 0 Å². The lowest BCUT2D eigenvalue weighted by Gasteiger charge is -2.60. The standard InChI is InChI=1S/C25H28ClN.CH2O2/c1-16-12-25(13-16)14-27(15-25)24-9-6-20-10-18(5-8-22(20)24)19-4-7-21(17-2-3-17)23(26)11-19;2-1-3/h4-5,7-8,10-11,16-17,24H,2-3,6,9,12-15H2,1H3;1H,(H,2,3). The number of halogens is 1. The van der Waals surface area contributed by atoms with E-state index in [1.165, 1.54) is 68.3 Å². The van der Waals surface area contributed by atoms with Gasteiger partial charge in [-0.2, -0.15) is 0 Å². The summed E-state index contributed by atoms with van der Waals surface area (Å²) in [5.41, 5.74) is 7.78. The first-order valence-electron chi connectivity index (χ1n) is 11.3. The Morgan fingerprint density at radius 1 is 1.03 bits per heavy atom. The van der Waals surface area contributed by atoms with E-state index in [1.54, 1.807) is 11.1 Å². The summed E-state index contributed by atoms with van der Waals surface area (Å²) in [6.45, 7) is 4.83. The SMILES string of the molecule is CC1CC2(C1)CN(C1CCc3cc(-c4ccc(C5CC5)c(Cl)c4)ccc31)C2.O=CO. The second kappa shape index (κ2) is 7.69. The Morgan fingerprint density at radius 3 is 2.27 bits per heavy atom. The summed E-state index contributed by atoms with van der Waals surface area (Å²) in [6.07, 6.45) is 8.04. The summed E-state index contributed by atoms with van der Waals surface area (Å²) in [4.78, 5) is 11.1. The molecule has 30 heavy (non-hydrogen) atoms. The zero-order chi connectivity index (χ0) is 20.9. The van der Waals surface area contributed by atoms with E-state index in [1.807, 2.05) is 0 Å². The van der Waals surface area contributed by atoms with Gasteiger partial charge in [-0.05, 0) is 89.7 Å². The van der Waals surface area contributed by atoms with Crippen molar-refractivity contribution < 1.29 is 9.90 Å². The molecule has 0 radical (unpaired) electrons. The van der Waals surface area contributed by atoms with Gasteiger partial charge in [-0.1, -0.05) is 48.9 Å². The largest absolute Gasteiger partial charge is 0.483 e. The van der Waals surface area contributed by atoms with Crippen molar-refractivity contribution in [3.05, 3.63) is 58.1 Å². The van der Waals surface area contributed by atoms with Gasteiger partial charge in [0.2, 0.25) is 0 Å². The summed E-state index contributed by atoms with van der Waals surface area (Å²) in [7, 11) is 0. The first kappa shape index (κ1) is 20.1. The zero-order valence-corrected chi connectivity index (χ0v) is 18.4. The molecule has 1 saturated heterocycles. The highest BCUT2D eigenvalue weighted by Crippen LogP contribution is 2.55. The Bertz CT molecular complexity index is 954. The lowest BCUT2D eigenvalue weighted by molar-refractivity contribution is -0.122. The molecule has 1 unspecified atom stereocenters. The van der Waals surface area contributed by atoms with Gasteiger partial charge in [-0.3, -0.25) is 9.69 Å². The van der Waals surface area contributed by atoms with Crippen molar-refractivity contribution in [3.63, 3.8) is 0 Å². The molecule has 1 atom stereocenters. The van der Waals surface area contributed by atoms with E-state index in [9.17, 15) is 0 Å². The summed E-state index contributed by atoms with van der Waals surface area (Å²) >= 11 is 6.57. The monoisotopic (exact) mass is 423 g/mol. The van der Waals surface area contributed by atoms with Gasteiger partial charge < -0.3 is 5.11 Å². The Morgan fingerprint density at radius 2 is 1.67 bits per heavy atom. The molecular formula is C26H30ClNO2. The summed E-state index contributed by atoms with van der Waals surface area (Å²) in [5, 5.41) is 7.84. The van der Waals surface area contributed by atoms with Gasteiger partial charge in [-0.15, -0.1) is 0 Å². The maximum Gasteiger partial charge on any atom is 0.290 e. The smallest absolute Gasteiger partial charge is 0.290 e. The molecular weight excluding hydrogens is 394 g/mol. The minimum atomic E-state index is -0.250. The first-order chi connectivity index (χ1) is 14.5. The fourth-order valence-electron chi connectivity index (χ4n) is 6.30. The molecule has 4 heteroatoms. The number of fused-ring (bicyclic) bond motifs is 1. The maximum atomic E-state index is 8.36. The summed E-state index contributed by atoms with van der Waals surface area (Å²) in [5.74, 6) is 1.68. The van der Waals surface area contributed by atoms with Crippen molar-refractivity contribution in [2.24, 2.45) is 11.3 Å². The third-order valence-corrected chi connectivity index (χ3v) is 7.95. The van der Waals surface area contributed by atoms with Crippen LogP contribution in [0.25, 0.3) is 11.1 Å². The van der Waals surface area contributed by atoms with E-state index >= 15 is 0 Å². The van der Waals surface area contributed by atoms with Gasteiger partial charge in [0.25, 0.3) is 6.47 Å². The number of hydrogen-bond donors (Lipinski definition) is 1. The maximum absolute atomic E-state index is 8.36. The fourth-order valence-corrected chi connectivity index (χ4v) is 6.63. The fraction of sp³-hybridized carbons (Fsp3) is 0.500. The second-order valence-electron chi connectivity index (χ2n) is 10.0. The van der Waals surface area contributed by atoms with Gasteiger partial charge in [0.15, 0.2) is 0 Å². The lowest BCUT2D eigenvalue weighted by atomic mass is 9.58. The normalized spacial score (nSPS) is 24.4. The predicted molar refractivity (Wildman–Crippen MR) is 121 cm³/mol. The molecule has 2 saturated carbocycles. The number of hydrogen-bond acceptors (Lipinski definition) is 2. The number of nitrogens with zero attached hydrogens (tertiary/aromatic N) is 1. The van der Waals surface area contributed by atoms with E-state index in [0.29, 0.717) is 17.4 Å². The van der Waals surface area contributed by atoms with E-state index in [2.05, 4.69) is 48.2 Å². The molecule has 3 fully saturated rings. The highest BCUT2D eigenvalue weighted by Gasteiger charge is 2.52. The van der Waals surface area contributed by atoms with Gasteiger partial charge in [0, 0.05) is 24.2 Å². The molecule has 158 valence electrons. The minimum Gasteiger partial charge on any atom is -0.483 e. The van der Waals surface area contributed by atoms with Crippen LogP contribution in [0.3, 0.4) is 0 Å². The average Bonchev–Trinajstić information content (AvgIpc) is 3.43. The van der Waals surface area contributed by atoms with Gasteiger partial charge in [0.1, 0.15) is 0 Å². The molecule has 1 spiro atoms. The van der Waals surface area contributed by atoms with E-state index in [0.717, 1.165) is 10.9 Å². The van der Waals surface area contributed by atoms with Gasteiger partial charge in [0.05, 0.1) is 0 Å². The third kappa shape index (κ3) is 3.56. The third-order valence-electron chi connectivity index (χ3n) is 7.62. The minimum absolute atomic E-state index is 0.250. The van der Waals surface area contributed by atoms with Crippen molar-refractivity contribution in [2.75, 3.05) is 13.1 Å². The van der Waals surface area contributed by atoms with Crippen LogP contribution in [0.15, 0.2) is 36.4 Å². The van der Waals surface area contributed by atoms with Crippen LogP contribution in [0.1, 0.15) is 67.7 Å². The quantitative estimate of drug-likeness (QED) is 0.588. The summed E-state index contributed by atoms with van der Waals surface area (Å²) in [6, 6.07) is 14.5. The molecule has 3 nitrogen and oxygen atoms in total. The number of benzene rings is 2. The molecule has 6 rings (SSSR count). The predicted octanol–water partition coefficient (Wildman–Crippen LogP) is 6.30. The molecule has 4 aliphatic rings. The van der Waals surface area contributed by atoms with Crippen LogP contribution in [-0.4, -0.2) is 29.6 Å². The number of aryl methyl sites for hydroxylation is 1. The first-order valence-corrected chi connectivity index (χ1v) is 11.6. The second-order valence-corrected chi connectivity index (χ2v) is 10.4. The van der Waals surface area contributed by atoms with Crippen LogP contribution in [0.5, 0.6) is 0 Å². The topological polar surface area (TPSA) is 40.5 Å². The molecule has 1 N–H and O–H groups in total. The highest BCUT2D eigenvalue weighted by atomic mass is 35.5. The zero-order valence-electron chi connectivity index (χ0n) is 17.6. The molecule has 0 aromatic heterocycles. The molecule has 0 bridgehead atoms. The van der Waals surface area contributed by atoms with Crippen molar-refractivity contribution in [1.29, 1.82) is 0 Å². The van der Waals surface area contributed by atoms with Crippen LogP contribution in [0.4, 0.5) is 0 Å². The van der Waals surface area contributed by atoms with Crippen LogP contribution in [0.2, 0.25) is 5.02 Å². The summed E-state index contributed by atoms with van der Waals surface area (Å²) < 4.78 is 0. The molecule has 0 amide bonds. The van der Waals surface area contributed by atoms with Crippen molar-refractivity contribution in [2.45, 2.75) is 57.4 Å². The van der Waals surface area contributed by atoms with E-state index in [-0.39, 0.29) is 6.47 Å². The number of likely N-dealkylation sites (tertiary alicyclic amines) is 1. The number of rotatable bonds is 3. The number of carboxylic acid groups (broad SMARTS) is 1. The van der Waals surface area contributed by atoms with E-state index in [4.69, 9.17) is 21.5 Å². The van der Waals surface area contributed by atoms with Crippen LogP contribution < -0.4 is 0 Å². The molecule has 1 heterocycles. The Kier molecular flexibility index (Phi) is 5.15. The van der Waals surface area contributed by atoms with Crippen molar-refractivity contribution >= 4 is 18.1 Å². The molecule has 2 aromatic carbocycles. The number of carbonyl (C=O) groups is 1. The highest BCUT2D eigenvalue weighted by molar-refractivity contribution is 6.31. The van der Waals surface area contributed by atoms with Crippen molar-refractivity contribution in [1.82, 2.24) is 4.90 Å². The Hall–Kier alpha value is -1.84. The van der Waals surface area contributed by atoms with Gasteiger partial charge in [-0.25, -0.2) is 0 Å². The Balaban J connectivity index is 0.000000609. The Labute approximate surface area is 184 Å². The van der Waals surface area contributed by atoms with E-state index < -0.39 is 0 Å². The molecule has 2 aromatic rings. The van der Waals surface area contributed by atoms with Crippen molar-refractivity contribution in [3.8, 4) is 11.1 Å². The average molecular weight is 424 g/mol. The van der Waals surface area contributed by atoms with Crippen LogP contribution >= 0.6 is 11.6 Å². The van der Waals surface area contributed by atoms with Crippen LogP contribution in [0, 0.1) is 11.3 Å². The molecule has 1 aliphatic heterocycles. The van der Waals surface area contributed by atoms with Crippen LogP contribution in [-0.2, 0) is 11.2 Å². The lowest BCUT2D eigenvalue weighted by Crippen LogP contribution is -2.62. The molecule has 3 aliphatic carbocycles.